The van der Waals surface area contributed by atoms with Crippen LogP contribution in [0.4, 0.5) is 13.9 Å². The molecule has 0 bridgehead atoms. The molecule has 1 N–H and O–H groups in total. The van der Waals surface area contributed by atoms with Gasteiger partial charge in [-0.1, -0.05) is 23.5 Å². The molecule has 0 unspecified atom stereocenters. The van der Waals surface area contributed by atoms with Gasteiger partial charge in [-0.2, -0.15) is 0 Å². The molecule has 0 aliphatic carbocycles. The van der Waals surface area contributed by atoms with Crippen molar-refractivity contribution >= 4 is 45.0 Å². The molecular formula is C18H10F2N2OS3. The normalized spacial score (nSPS) is 10.8. The smallest absolute Gasteiger partial charge is 0.260 e. The first-order valence-corrected chi connectivity index (χ1v) is 10.0. The maximum Gasteiger partial charge on any atom is 0.260 e. The third-order valence-corrected chi connectivity index (χ3v) is 6.42. The van der Waals surface area contributed by atoms with Gasteiger partial charge >= 0.3 is 0 Å². The minimum absolute atomic E-state index is 0.225. The molecule has 0 atom stereocenters. The summed E-state index contributed by atoms with van der Waals surface area (Å²) in [5, 5.41) is 6.91. The molecule has 26 heavy (non-hydrogen) atoms. The number of benzene rings is 1. The lowest BCUT2D eigenvalue weighted by atomic mass is 10.2. The number of carbonyl (C=O) groups excluding carboxylic acids is 1. The fraction of sp³-hybridized carbons (Fsp3) is 0. The summed E-state index contributed by atoms with van der Waals surface area (Å²) in [6.07, 6.45) is 0. The Hall–Kier alpha value is -2.42. The lowest BCUT2D eigenvalue weighted by Gasteiger charge is -2.02. The van der Waals surface area contributed by atoms with Gasteiger partial charge in [0.2, 0.25) is 0 Å². The minimum Gasteiger partial charge on any atom is -0.298 e. The standard InChI is InChI=1S/C18H10F2N2OS3/c19-10-5-6-11(12(20)9-10)17(23)22-18-21-15(13-3-1-7-24-13)16(26-18)14-4-2-8-25-14/h1-9H,(H,21,22,23). The fourth-order valence-corrected chi connectivity index (χ4v) is 4.98. The van der Waals surface area contributed by atoms with E-state index < -0.39 is 17.5 Å². The van der Waals surface area contributed by atoms with Crippen molar-refractivity contribution in [1.82, 2.24) is 4.98 Å². The lowest BCUT2D eigenvalue weighted by molar-refractivity contribution is 0.102. The number of nitrogens with one attached hydrogen (secondary N) is 1. The molecule has 0 saturated carbocycles. The van der Waals surface area contributed by atoms with E-state index in [4.69, 9.17) is 0 Å². The number of amides is 1. The zero-order chi connectivity index (χ0) is 18.1. The Kier molecular flexibility index (Phi) is 4.62. The van der Waals surface area contributed by atoms with Gasteiger partial charge in [0.15, 0.2) is 5.13 Å². The second-order valence-electron chi connectivity index (χ2n) is 5.23. The van der Waals surface area contributed by atoms with Gasteiger partial charge in [-0.25, -0.2) is 13.8 Å². The Labute approximate surface area is 159 Å². The SMILES string of the molecule is O=C(Nc1nc(-c2cccs2)c(-c2cccs2)s1)c1ccc(F)cc1F. The zero-order valence-corrected chi connectivity index (χ0v) is 15.5. The van der Waals surface area contributed by atoms with Crippen LogP contribution in [0.5, 0.6) is 0 Å². The summed E-state index contributed by atoms with van der Waals surface area (Å²) in [5.41, 5.74) is 0.555. The van der Waals surface area contributed by atoms with E-state index in [1.54, 1.807) is 22.7 Å². The molecule has 130 valence electrons. The number of hydrogen-bond acceptors (Lipinski definition) is 5. The third-order valence-electron chi connectivity index (χ3n) is 3.52. The second kappa shape index (κ2) is 7.06. The molecule has 0 aliphatic rings. The maximum atomic E-state index is 13.8. The van der Waals surface area contributed by atoms with Gasteiger partial charge in [0.05, 0.1) is 15.3 Å². The Morgan fingerprint density at radius 1 is 1.00 bits per heavy atom. The van der Waals surface area contributed by atoms with Crippen LogP contribution < -0.4 is 5.32 Å². The number of aromatic nitrogens is 1. The molecule has 1 aromatic carbocycles. The van der Waals surface area contributed by atoms with E-state index in [0.29, 0.717) is 11.2 Å². The topological polar surface area (TPSA) is 42.0 Å². The van der Waals surface area contributed by atoms with Crippen LogP contribution in [0.3, 0.4) is 0 Å². The Bertz CT molecular complexity index is 1000. The number of anilines is 1. The molecule has 3 heterocycles. The lowest BCUT2D eigenvalue weighted by Crippen LogP contribution is -2.13. The van der Waals surface area contributed by atoms with Crippen LogP contribution in [0.15, 0.2) is 53.2 Å². The predicted octanol–water partition coefficient (Wildman–Crippen LogP) is 6.13. The molecule has 0 aliphatic heterocycles. The number of rotatable bonds is 4. The highest BCUT2D eigenvalue weighted by Gasteiger charge is 2.19. The van der Waals surface area contributed by atoms with Gasteiger partial charge < -0.3 is 0 Å². The highest BCUT2D eigenvalue weighted by Crippen LogP contribution is 2.42. The van der Waals surface area contributed by atoms with Crippen LogP contribution in [0.25, 0.3) is 20.3 Å². The van der Waals surface area contributed by atoms with Gasteiger partial charge in [0, 0.05) is 10.9 Å². The third kappa shape index (κ3) is 3.31. The molecule has 3 aromatic heterocycles. The maximum absolute atomic E-state index is 13.8. The van der Waals surface area contributed by atoms with E-state index in [2.05, 4.69) is 10.3 Å². The first-order valence-electron chi connectivity index (χ1n) is 7.47. The van der Waals surface area contributed by atoms with Crippen molar-refractivity contribution in [2.45, 2.75) is 0 Å². The van der Waals surface area contributed by atoms with E-state index in [9.17, 15) is 13.6 Å². The molecule has 1 amide bonds. The Balaban J connectivity index is 1.69. The van der Waals surface area contributed by atoms with Crippen LogP contribution in [-0.4, -0.2) is 10.9 Å². The molecule has 4 aromatic rings. The highest BCUT2D eigenvalue weighted by molar-refractivity contribution is 7.24. The number of nitrogens with zero attached hydrogens (tertiary/aromatic N) is 1. The first-order chi connectivity index (χ1) is 12.6. The number of halogens is 2. The summed E-state index contributed by atoms with van der Waals surface area (Å²) < 4.78 is 26.8. The molecular weight excluding hydrogens is 394 g/mol. The van der Waals surface area contributed by atoms with E-state index in [-0.39, 0.29) is 5.56 Å². The number of thiazole rings is 1. The van der Waals surface area contributed by atoms with E-state index in [1.165, 1.54) is 11.3 Å². The number of carbonyl (C=O) groups is 1. The Morgan fingerprint density at radius 2 is 1.73 bits per heavy atom. The Morgan fingerprint density at radius 3 is 2.38 bits per heavy atom. The molecule has 3 nitrogen and oxygen atoms in total. The van der Waals surface area contributed by atoms with Gasteiger partial charge in [-0.15, -0.1) is 22.7 Å². The van der Waals surface area contributed by atoms with Crippen molar-refractivity contribution in [3.8, 4) is 20.3 Å². The van der Waals surface area contributed by atoms with Crippen LogP contribution in [-0.2, 0) is 0 Å². The number of thiophene rings is 2. The van der Waals surface area contributed by atoms with Crippen LogP contribution in [0.1, 0.15) is 10.4 Å². The van der Waals surface area contributed by atoms with E-state index >= 15 is 0 Å². The summed E-state index contributed by atoms with van der Waals surface area (Å²) in [5.74, 6) is -2.30. The fourth-order valence-electron chi connectivity index (χ4n) is 2.37. The van der Waals surface area contributed by atoms with Gasteiger partial charge in [-0.05, 0) is 35.0 Å². The average molecular weight is 404 g/mol. The van der Waals surface area contributed by atoms with Crippen molar-refractivity contribution in [2.24, 2.45) is 0 Å². The highest BCUT2D eigenvalue weighted by atomic mass is 32.1. The van der Waals surface area contributed by atoms with Crippen LogP contribution in [0, 0.1) is 11.6 Å². The quantitative estimate of drug-likeness (QED) is 0.444. The van der Waals surface area contributed by atoms with Gasteiger partial charge in [0.1, 0.15) is 17.3 Å². The number of hydrogen-bond donors (Lipinski definition) is 1. The van der Waals surface area contributed by atoms with Crippen LogP contribution in [0.2, 0.25) is 0 Å². The summed E-state index contributed by atoms with van der Waals surface area (Å²) in [4.78, 5) is 19.8. The van der Waals surface area contributed by atoms with Crippen molar-refractivity contribution < 1.29 is 13.6 Å². The van der Waals surface area contributed by atoms with Crippen molar-refractivity contribution in [2.75, 3.05) is 5.32 Å². The van der Waals surface area contributed by atoms with Crippen LogP contribution >= 0.6 is 34.0 Å². The average Bonchev–Trinajstić information content (AvgIpc) is 3.35. The monoisotopic (exact) mass is 404 g/mol. The van der Waals surface area contributed by atoms with Gasteiger partial charge in [0.25, 0.3) is 5.91 Å². The molecule has 0 saturated heterocycles. The van der Waals surface area contributed by atoms with Crippen molar-refractivity contribution in [3.05, 3.63) is 70.4 Å². The largest absolute Gasteiger partial charge is 0.298 e. The second-order valence-corrected chi connectivity index (χ2v) is 8.12. The van der Waals surface area contributed by atoms with Crippen molar-refractivity contribution in [1.29, 1.82) is 0 Å². The molecule has 0 spiro atoms. The first kappa shape index (κ1) is 17.0. The summed E-state index contributed by atoms with van der Waals surface area (Å²) in [7, 11) is 0. The summed E-state index contributed by atoms with van der Waals surface area (Å²) in [6, 6.07) is 10.7. The molecule has 0 fully saturated rings. The zero-order valence-electron chi connectivity index (χ0n) is 13.0. The van der Waals surface area contributed by atoms with Gasteiger partial charge in [-0.3, -0.25) is 10.1 Å². The molecule has 0 radical (unpaired) electrons. The summed E-state index contributed by atoms with van der Waals surface area (Å²) in [6.45, 7) is 0. The van der Waals surface area contributed by atoms with E-state index in [0.717, 1.165) is 32.5 Å². The molecule has 4 rings (SSSR count). The summed E-state index contributed by atoms with van der Waals surface area (Å²) >= 11 is 4.46. The van der Waals surface area contributed by atoms with E-state index in [1.807, 2.05) is 35.0 Å². The minimum atomic E-state index is -0.906. The van der Waals surface area contributed by atoms with Crippen molar-refractivity contribution in [3.63, 3.8) is 0 Å². The predicted molar refractivity (Wildman–Crippen MR) is 103 cm³/mol. The molecule has 8 heteroatoms.